The van der Waals surface area contributed by atoms with Crippen molar-refractivity contribution in [2.45, 2.75) is 13.1 Å². The lowest BCUT2D eigenvalue weighted by atomic mass is 10.1. The summed E-state index contributed by atoms with van der Waals surface area (Å²) in [7, 11) is 0. The maximum Gasteiger partial charge on any atom is 0.347 e. The fraction of sp³-hybridized carbons (Fsp3) is 0.158. The van der Waals surface area contributed by atoms with Gasteiger partial charge in [0.1, 0.15) is 35.4 Å². The Balaban J connectivity index is 1.48. The van der Waals surface area contributed by atoms with E-state index in [2.05, 4.69) is 10.4 Å². The van der Waals surface area contributed by atoms with Crippen LogP contribution in [0.2, 0.25) is 0 Å². The number of nitro groups is 1. The van der Waals surface area contributed by atoms with Crippen molar-refractivity contribution in [2.24, 2.45) is 0 Å². The topological polar surface area (TPSA) is 149 Å². The number of nitrogens with zero attached hydrogens (tertiary/aromatic N) is 4. The molecule has 152 valence electrons. The van der Waals surface area contributed by atoms with Crippen LogP contribution in [0.15, 0.2) is 58.1 Å². The number of rotatable bonds is 6. The van der Waals surface area contributed by atoms with Gasteiger partial charge >= 0.3 is 11.3 Å². The second-order valence-electron chi connectivity index (χ2n) is 6.54. The molecule has 0 atom stereocenters. The van der Waals surface area contributed by atoms with E-state index in [9.17, 15) is 19.7 Å². The maximum absolute atomic E-state index is 12.4. The van der Waals surface area contributed by atoms with Gasteiger partial charge in [-0.2, -0.15) is 5.10 Å². The Morgan fingerprint density at radius 2 is 2.07 bits per heavy atom. The highest BCUT2D eigenvalue weighted by molar-refractivity contribution is 6.03. The summed E-state index contributed by atoms with van der Waals surface area (Å²) < 4.78 is 8.03. The summed E-state index contributed by atoms with van der Waals surface area (Å²) in [6.45, 7) is 0.286. The molecule has 11 nitrogen and oxygen atoms in total. The van der Waals surface area contributed by atoms with E-state index in [1.54, 1.807) is 24.4 Å². The van der Waals surface area contributed by atoms with Crippen LogP contribution in [0.3, 0.4) is 0 Å². The van der Waals surface area contributed by atoms with Crippen molar-refractivity contribution in [1.29, 1.82) is 5.41 Å². The number of pyridine rings is 1. The Kier molecular flexibility index (Phi) is 4.84. The van der Waals surface area contributed by atoms with Crippen LogP contribution in [0.25, 0.3) is 21.7 Å². The van der Waals surface area contributed by atoms with Gasteiger partial charge < -0.3 is 14.3 Å². The number of carbonyl (C=O) groups excluding carboxylic acids is 1. The molecule has 0 aliphatic heterocycles. The number of hydrogen-bond donors (Lipinski definition) is 2. The van der Waals surface area contributed by atoms with Crippen molar-refractivity contribution >= 4 is 33.3 Å². The van der Waals surface area contributed by atoms with Gasteiger partial charge in [0.15, 0.2) is 0 Å². The third-order valence-electron chi connectivity index (χ3n) is 4.61. The molecule has 0 bridgehead atoms. The van der Waals surface area contributed by atoms with E-state index in [-0.39, 0.29) is 42.1 Å². The first-order valence-electron chi connectivity index (χ1n) is 8.97. The number of fused-ring (bicyclic) bond motifs is 3. The Labute approximate surface area is 167 Å². The Morgan fingerprint density at radius 1 is 1.27 bits per heavy atom. The Bertz CT molecular complexity index is 1400. The maximum atomic E-state index is 12.4. The first-order valence-corrected chi connectivity index (χ1v) is 8.97. The fourth-order valence-electron chi connectivity index (χ4n) is 3.19. The summed E-state index contributed by atoms with van der Waals surface area (Å²) in [6, 6.07) is 8.87. The van der Waals surface area contributed by atoms with Crippen LogP contribution >= 0.6 is 0 Å². The number of hydrogen-bond acceptors (Lipinski definition) is 7. The molecule has 0 saturated carbocycles. The van der Waals surface area contributed by atoms with Crippen LogP contribution in [-0.4, -0.2) is 31.7 Å². The zero-order valence-electron chi connectivity index (χ0n) is 15.6. The summed E-state index contributed by atoms with van der Waals surface area (Å²) in [6.07, 6.45) is 3.92. The standard InChI is InChI=1S/C19H16N6O5/c20-18-17-14(13-3-1-2-4-15(13)30-19(17)27)5-7-23(18)8-6-21-16(26)11-24-10-12(9-22-24)25(28)29/h1-5,7,9-10,20H,6,8,11H2,(H,21,26). The highest BCUT2D eigenvalue weighted by Crippen LogP contribution is 2.20. The Hall–Kier alpha value is -4.28. The molecule has 0 fully saturated rings. The highest BCUT2D eigenvalue weighted by atomic mass is 16.6. The molecular formula is C19H16N6O5. The minimum Gasteiger partial charge on any atom is -0.422 e. The normalized spacial score (nSPS) is 11.1. The van der Waals surface area contributed by atoms with Gasteiger partial charge in [-0.3, -0.25) is 25.0 Å². The number of para-hydroxylation sites is 1. The number of benzene rings is 1. The van der Waals surface area contributed by atoms with Crippen LogP contribution in [0, 0.1) is 15.5 Å². The number of carbonyl (C=O) groups is 1. The van der Waals surface area contributed by atoms with Gasteiger partial charge in [0.2, 0.25) is 5.91 Å². The van der Waals surface area contributed by atoms with Crippen molar-refractivity contribution in [3.8, 4) is 0 Å². The summed E-state index contributed by atoms with van der Waals surface area (Å²) >= 11 is 0. The lowest BCUT2D eigenvalue weighted by Crippen LogP contribution is -2.33. The van der Waals surface area contributed by atoms with E-state index >= 15 is 0 Å². The average Bonchev–Trinajstić information content (AvgIpc) is 3.18. The van der Waals surface area contributed by atoms with E-state index in [0.29, 0.717) is 11.0 Å². The predicted molar refractivity (Wildman–Crippen MR) is 106 cm³/mol. The summed E-state index contributed by atoms with van der Waals surface area (Å²) in [5, 5.41) is 27.0. The van der Waals surface area contributed by atoms with Gasteiger partial charge in [0, 0.05) is 30.1 Å². The van der Waals surface area contributed by atoms with Gasteiger partial charge in [-0.1, -0.05) is 18.2 Å². The SMILES string of the molecule is N=c1c2c(=O)oc3ccccc3c2ccn1CCNC(=O)Cn1cc([N+](=O)[O-])cn1. The molecule has 1 aromatic carbocycles. The summed E-state index contributed by atoms with van der Waals surface area (Å²) in [4.78, 5) is 34.5. The van der Waals surface area contributed by atoms with Crippen molar-refractivity contribution in [2.75, 3.05) is 6.54 Å². The third-order valence-corrected chi connectivity index (χ3v) is 4.61. The molecule has 0 aliphatic carbocycles. The van der Waals surface area contributed by atoms with Gasteiger partial charge in [0.25, 0.3) is 0 Å². The average molecular weight is 408 g/mol. The summed E-state index contributed by atoms with van der Waals surface area (Å²) in [5.74, 6) is -0.383. The zero-order valence-corrected chi connectivity index (χ0v) is 15.6. The monoisotopic (exact) mass is 408 g/mol. The van der Waals surface area contributed by atoms with Crippen LogP contribution in [0.1, 0.15) is 0 Å². The molecule has 4 aromatic rings. The third kappa shape index (κ3) is 3.55. The quantitative estimate of drug-likeness (QED) is 0.211. The van der Waals surface area contributed by atoms with Gasteiger partial charge in [-0.15, -0.1) is 0 Å². The number of aromatic nitrogens is 3. The lowest BCUT2D eigenvalue weighted by Gasteiger charge is -2.10. The first-order chi connectivity index (χ1) is 14.4. The van der Waals surface area contributed by atoms with E-state index < -0.39 is 10.5 Å². The van der Waals surface area contributed by atoms with E-state index in [1.807, 2.05) is 12.1 Å². The highest BCUT2D eigenvalue weighted by Gasteiger charge is 2.12. The van der Waals surface area contributed by atoms with Crippen molar-refractivity contribution in [3.05, 3.63) is 74.9 Å². The molecule has 30 heavy (non-hydrogen) atoms. The molecule has 11 heteroatoms. The van der Waals surface area contributed by atoms with Crippen LogP contribution in [-0.2, 0) is 17.9 Å². The molecule has 4 rings (SSSR count). The second kappa shape index (κ2) is 7.62. The van der Waals surface area contributed by atoms with Crippen LogP contribution in [0.5, 0.6) is 0 Å². The van der Waals surface area contributed by atoms with Gasteiger partial charge in [0.05, 0.1) is 4.92 Å². The molecule has 0 spiro atoms. The summed E-state index contributed by atoms with van der Waals surface area (Å²) in [5.41, 5.74) is -0.339. The minimum absolute atomic E-state index is 0.0102. The van der Waals surface area contributed by atoms with Crippen LogP contribution in [0.4, 0.5) is 5.69 Å². The van der Waals surface area contributed by atoms with Gasteiger partial charge in [-0.25, -0.2) is 4.79 Å². The number of nitrogens with one attached hydrogen (secondary N) is 2. The van der Waals surface area contributed by atoms with Crippen molar-refractivity contribution in [1.82, 2.24) is 19.7 Å². The first kappa shape index (κ1) is 19.1. The van der Waals surface area contributed by atoms with Crippen molar-refractivity contribution in [3.63, 3.8) is 0 Å². The van der Waals surface area contributed by atoms with Crippen molar-refractivity contribution < 1.29 is 14.1 Å². The van der Waals surface area contributed by atoms with Gasteiger partial charge in [-0.05, 0) is 12.1 Å². The molecule has 0 aliphatic rings. The molecule has 0 saturated heterocycles. The lowest BCUT2D eigenvalue weighted by molar-refractivity contribution is -0.385. The number of amides is 1. The smallest absolute Gasteiger partial charge is 0.347 e. The molecule has 1 amide bonds. The zero-order chi connectivity index (χ0) is 21.3. The fourth-order valence-corrected chi connectivity index (χ4v) is 3.19. The van der Waals surface area contributed by atoms with E-state index in [0.717, 1.165) is 11.6 Å². The molecule has 0 radical (unpaired) electrons. The molecule has 0 unspecified atom stereocenters. The van der Waals surface area contributed by atoms with Crippen LogP contribution < -0.4 is 16.4 Å². The minimum atomic E-state index is -0.590. The second-order valence-corrected chi connectivity index (χ2v) is 6.54. The molecule has 3 aromatic heterocycles. The molecule has 2 N–H and O–H groups in total. The molecule has 3 heterocycles. The van der Waals surface area contributed by atoms with E-state index in [4.69, 9.17) is 9.83 Å². The Morgan fingerprint density at radius 3 is 2.83 bits per heavy atom. The van der Waals surface area contributed by atoms with E-state index in [1.165, 1.54) is 15.4 Å². The molecular weight excluding hydrogens is 392 g/mol. The largest absolute Gasteiger partial charge is 0.422 e. The predicted octanol–water partition coefficient (Wildman–Crippen LogP) is 1.15.